The third-order valence-electron chi connectivity index (χ3n) is 0.704. The van der Waals surface area contributed by atoms with Crippen LogP contribution in [0.2, 0.25) is 0 Å². The minimum Gasteiger partial charge on any atom is -0.402 e. The second kappa shape index (κ2) is 4.06. The van der Waals surface area contributed by atoms with Crippen molar-refractivity contribution in [2.75, 3.05) is 0 Å². The second-order valence-corrected chi connectivity index (χ2v) is 1.71. The third kappa shape index (κ3) is 3.73. The fourth-order valence-corrected chi connectivity index (χ4v) is 0.482. The van der Waals surface area contributed by atoms with Gasteiger partial charge in [-0.2, -0.15) is 0 Å². The Morgan fingerprint density at radius 3 is 2.57 bits per heavy atom. The fourth-order valence-electron chi connectivity index (χ4n) is 0.353. The molecule has 2 N–H and O–H groups in total. The number of thiol groups is 1. The molecule has 0 aromatic heterocycles. The van der Waals surface area contributed by atoms with Crippen LogP contribution >= 0.6 is 12.6 Å². The lowest BCUT2D eigenvalue weighted by atomic mass is 10.3. The second-order valence-electron chi connectivity index (χ2n) is 1.45. The van der Waals surface area contributed by atoms with Crippen LogP contribution in [0.4, 0.5) is 0 Å². The zero-order valence-electron chi connectivity index (χ0n) is 4.52. The quantitative estimate of drug-likeness (QED) is 0.527. The smallest absolute Gasteiger partial charge is 0.0142 e. The van der Waals surface area contributed by atoms with Gasteiger partial charge in [-0.05, 0) is 11.8 Å². The van der Waals surface area contributed by atoms with E-state index in [1.54, 1.807) is 5.41 Å². The molecule has 42 valence electrons. The molecule has 0 unspecified atom stereocenters. The predicted octanol–water partition coefficient (Wildman–Crippen LogP) is 1.52. The summed E-state index contributed by atoms with van der Waals surface area (Å²) in [5.41, 5.74) is 6.23. The van der Waals surface area contributed by atoms with Gasteiger partial charge >= 0.3 is 0 Å². The van der Waals surface area contributed by atoms with Crippen molar-refractivity contribution >= 4 is 12.6 Å². The Hall–Kier alpha value is -0.110. The van der Waals surface area contributed by atoms with E-state index in [-0.39, 0.29) is 0 Å². The van der Waals surface area contributed by atoms with Gasteiger partial charge in [-0.25, -0.2) is 0 Å². The van der Waals surface area contributed by atoms with Gasteiger partial charge in [0.2, 0.25) is 0 Å². The Kier molecular flexibility index (Phi) is 4.00. The molecule has 7 heavy (non-hydrogen) atoms. The Labute approximate surface area is 50.0 Å². The van der Waals surface area contributed by atoms with Crippen LogP contribution in [0.15, 0.2) is 11.1 Å². The summed E-state index contributed by atoms with van der Waals surface area (Å²) in [7, 11) is 0. The van der Waals surface area contributed by atoms with Crippen LogP contribution in [-0.4, -0.2) is 0 Å². The van der Waals surface area contributed by atoms with E-state index in [0.717, 1.165) is 18.5 Å². The van der Waals surface area contributed by atoms with Crippen molar-refractivity contribution in [1.82, 2.24) is 0 Å². The number of rotatable bonds is 2. The minimum atomic E-state index is 0.867. The molecule has 0 amide bonds. The van der Waals surface area contributed by atoms with Crippen molar-refractivity contribution in [3.05, 3.63) is 11.1 Å². The highest BCUT2D eigenvalue weighted by Crippen LogP contribution is 1.96. The van der Waals surface area contributed by atoms with Crippen LogP contribution in [0, 0.1) is 0 Å². The summed E-state index contributed by atoms with van der Waals surface area (Å²) in [5.74, 6) is 0. The van der Waals surface area contributed by atoms with Crippen LogP contribution in [0.5, 0.6) is 0 Å². The van der Waals surface area contributed by atoms with Crippen molar-refractivity contribution in [2.45, 2.75) is 19.8 Å². The van der Waals surface area contributed by atoms with Crippen molar-refractivity contribution in [2.24, 2.45) is 5.73 Å². The number of allylic oxidation sites excluding steroid dienone is 1. The first kappa shape index (κ1) is 6.89. The van der Waals surface area contributed by atoms with E-state index in [2.05, 4.69) is 19.6 Å². The molecular weight excluding hydrogens is 106 g/mol. The highest BCUT2D eigenvalue weighted by Gasteiger charge is 1.80. The van der Waals surface area contributed by atoms with Gasteiger partial charge in [0.05, 0.1) is 0 Å². The lowest BCUT2D eigenvalue weighted by Gasteiger charge is -1.91. The van der Waals surface area contributed by atoms with Gasteiger partial charge < -0.3 is 5.73 Å². The molecule has 0 fully saturated rings. The molecule has 0 saturated heterocycles. The van der Waals surface area contributed by atoms with Gasteiger partial charge in [-0.3, -0.25) is 0 Å². The van der Waals surface area contributed by atoms with Gasteiger partial charge in [0.1, 0.15) is 0 Å². The SMILES string of the molecule is CCC/C(N)=C\S. The van der Waals surface area contributed by atoms with Crippen LogP contribution < -0.4 is 5.73 Å². The van der Waals surface area contributed by atoms with E-state index in [4.69, 9.17) is 5.73 Å². The maximum atomic E-state index is 5.37. The van der Waals surface area contributed by atoms with E-state index in [1.165, 1.54) is 0 Å². The van der Waals surface area contributed by atoms with Crippen molar-refractivity contribution in [3.8, 4) is 0 Å². The van der Waals surface area contributed by atoms with Crippen molar-refractivity contribution in [1.29, 1.82) is 0 Å². The van der Waals surface area contributed by atoms with Crippen LogP contribution in [-0.2, 0) is 0 Å². The molecule has 0 aliphatic heterocycles. The minimum absolute atomic E-state index is 0.867. The number of nitrogens with two attached hydrogens (primary N) is 1. The van der Waals surface area contributed by atoms with E-state index >= 15 is 0 Å². The maximum absolute atomic E-state index is 5.37. The van der Waals surface area contributed by atoms with Gasteiger partial charge in [0.15, 0.2) is 0 Å². The first-order valence-electron chi connectivity index (χ1n) is 2.40. The molecule has 0 aliphatic rings. The van der Waals surface area contributed by atoms with Gasteiger partial charge in [-0.1, -0.05) is 13.3 Å². The van der Waals surface area contributed by atoms with Crippen molar-refractivity contribution < 1.29 is 0 Å². The Morgan fingerprint density at radius 2 is 2.43 bits per heavy atom. The number of hydrogen-bond donors (Lipinski definition) is 2. The zero-order chi connectivity index (χ0) is 5.70. The fraction of sp³-hybridized carbons (Fsp3) is 0.600. The van der Waals surface area contributed by atoms with Gasteiger partial charge in [0.25, 0.3) is 0 Å². The first-order valence-corrected chi connectivity index (χ1v) is 2.91. The average Bonchev–Trinajstić information content (AvgIpc) is 1.68. The summed E-state index contributed by atoms with van der Waals surface area (Å²) in [6.07, 6.45) is 2.06. The standard InChI is InChI=1S/C5H11NS/c1-2-3-5(6)4-7/h4,7H,2-3,6H2,1H3/b5-4+. The van der Waals surface area contributed by atoms with Crippen LogP contribution in [0.25, 0.3) is 0 Å². The summed E-state index contributed by atoms with van der Waals surface area (Å²) in [4.78, 5) is 0. The molecule has 0 aromatic rings. The van der Waals surface area contributed by atoms with Gasteiger partial charge in [-0.15, -0.1) is 12.6 Å². The van der Waals surface area contributed by atoms with E-state index < -0.39 is 0 Å². The van der Waals surface area contributed by atoms with E-state index in [0.29, 0.717) is 0 Å². The lowest BCUT2D eigenvalue weighted by molar-refractivity contribution is 0.896. The molecule has 2 heteroatoms. The van der Waals surface area contributed by atoms with Gasteiger partial charge in [0, 0.05) is 5.70 Å². The maximum Gasteiger partial charge on any atom is 0.0142 e. The summed E-state index contributed by atoms with van der Waals surface area (Å²) >= 11 is 3.86. The zero-order valence-corrected chi connectivity index (χ0v) is 5.41. The molecule has 0 spiro atoms. The molecule has 0 radical (unpaired) electrons. The Balaban J connectivity index is 3.17. The molecule has 0 atom stereocenters. The topological polar surface area (TPSA) is 26.0 Å². The van der Waals surface area contributed by atoms with E-state index in [1.807, 2.05) is 0 Å². The lowest BCUT2D eigenvalue weighted by Crippen LogP contribution is -1.93. The highest BCUT2D eigenvalue weighted by molar-refractivity contribution is 7.83. The molecule has 0 bridgehead atoms. The first-order chi connectivity index (χ1) is 3.31. The van der Waals surface area contributed by atoms with Crippen LogP contribution in [0.1, 0.15) is 19.8 Å². The summed E-state index contributed by atoms with van der Waals surface area (Å²) in [6.45, 7) is 2.09. The van der Waals surface area contributed by atoms with Crippen molar-refractivity contribution in [3.63, 3.8) is 0 Å². The van der Waals surface area contributed by atoms with Crippen LogP contribution in [0.3, 0.4) is 0 Å². The summed E-state index contributed by atoms with van der Waals surface area (Å²) < 4.78 is 0. The monoisotopic (exact) mass is 117 g/mol. The normalized spacial score (nSPS) is 12.0. The third-order valence-corrected chi connectivity index (χ3v) is 1.04. The summed E-state index contributed by atoms with van der Waals surface area (Å²) in [5, 5.41) is 1.64. The molecule has 0 saturated carbocycles. The number of hydrogen-bond acceptors (Lipinski definition) is 2. The average molecular weight is 117 g/mol. The Bertz CT molecular complexity index is 68.5. The Morgan fingerprint density at radius 1 is 1.86 bits per heavy atom. The molecule has 0 aliphatic carbocycles. The molecule has 0 heterocycles. The largest absolute Gasteiger partial charge is 0.402 e. The molecule has 0 aromatic carbocycles. The highest BCUT2D eigenvalue weighted by atomic mass is 32.1. The predicted molar refractivity (Wildman–Crippen MR) is 36.2 cm³/mol. The molecular formula is C5H11NS. The molecule has 0 rings (SSSR count). The molecule has 1 nitrogen and oxygen atoms in total. The van der Waals surface area contributed by atoms with E-state index in [9.17, 15) is 0 Å². The summed E-state index contributed by atoms with van der Waals surface area (Å²) in [6, 6.07) is 0.